The Morgan fingerprint density at radius 2 is 1.88 bits per heavy atom. The van der Waals surface area contributed by atoms with E-state index in [1.54, 1.807) is 28.6 Å². The van der Waals surface area contributed by atoms with E-state index in [4.69, 9.17) is 0 Å². The van der Waals surface area contributed by atoms with Crippen LogP contribution in [0.3, 0.4) is 0 Å². The second-order valence-corrected chi connectivity index (χ2v) is 8.01. The number of aromatic nitrogens is 6. The third kappa shape index (κ3) is 4.82. The van der Waals surface area contributed by atoms with E-state index in [1.165, 1.54) is 12.1 Å². The Morgan fingerprint density at radius 1 is 1.09 bits per heavy atom. The number of fused-ring (bicyclic) bond motifs is 1. The fourth-order valence-corrected chi connectivity index (χ4v) is 3.63. The lowest BCUT2D eigenvalue weighted by atomic mass is 10.1. The molecular formula is C23H26FN7O. The molecule has 4 aromatic rings. The summed E-state index contributed by atoms with van der Waals surface area (Å²) in [6.07, 6.45) is 3.69. The fourth-order valence-electron chi connectivity index (χ4n) is 3.63. The van der Waals surface area contributed by atoms with E-state index in [-0.39, 0.29) is 17.5 Å². The minimum Gasteiger partial charge on any atom is -0.339 e. The number of halogens is 1. The monoisotopic (exact) mass is 435 g/mol. The van der Waals surface area contributed by atoms with Crippen LogP contribution in [0, 0.1) is 19.7 Å². The van der Waals surface area contributed by atoms with E-state index in [2.05, 4.69) is 25.3 Å². The first-order valence-corrected chi connectivity index (χ1v) is 10.7. The van der Waals surface area contributed by atoms with Crippen molar-refractivity contribution in [2.24, 2.45) is 0 Å². The minimum absolute atomic E-state index is 0.166. The van der Waals surface area contributed by atoms with Crippen LogP contribution in [0.15, 0.2) is 36.4 Å². The first-order chi connectivity index (χ1) is 15.4. The predicted octanol–water partition coefficient (Wildman–Crippen LogP) is 3.76. The highest BCUT2D eigenvalue weighted by Crippen LogP contribution is 2.19. The molecule has 0 aliphatic rings. The van der Waals surface area contributed by atoms with Crippen LogP contribution in [0.2, 0.25) is 0 Å². The average molecular weight is 436 g/mol. The van der Waals surface area contributed by atoms with Gasteiger partial charge < -0.3 is 4.90 Å². The summed E-state index contributed by atoms with van der Waals surface area (Å²) in [5, 5.41) is 11.7. The number of amides is 1. The summed E-state index contributed by atoms with van der Waals surface area (Å²) >= 11 is 0. The molecule has 166 valence electrons. The van der Waals surface area contributed by atoms with Gasteiger partial charge in [0.2, 0.25) is 5.82 Å². The summed E-state index contributed by atoms with van der Waals surface area (Å²) in [5.74, 6) is 0.148. The van der Waals surface area contributed by atoms with Crippen molar-refractivity contribution in [1.82, 2.24) is 34.7 Å². The second-order valence-electron chi connectivity index (χ2n) is 8.01. The lowest BCUT2D eigenvalue weighted by Crippen LogP contribution is -2.28. The van der Waals surface area contributed by atoms with Crippen LogP contribution in [0.1, 0.15) is 47.0 Å². The largest absolute Gasteiger partial charge is 0.339 e. The Bertz CT molecular complexity index is 1230. The zero-order chi connectivity index (χ0) is 22.7. The van der Waals surface area contributed by atoms with Crippen molar-refractivity contribution in [1.29, 1.82) is 0 Å². The molecule has 0 bridgehead atoms. The van der Waals surface area contributed by atoms with Crippen LogP contribution < -0.4 is 0 Å². The summed E-state index contributed by atoms with van der Waals surface area (Å²) in [6, 6.07) is 10.2. The van der Waals surface area contributed by atoms with Gasteiger partial charge in [-0.05, 0) is 69.5 Å². The number of hydrogen-bond acceptors (Lipinski definition) is 5. The maximum atomic E-state index is 13.1. The molecule has 9 heteroatoms. The number of carbonyl (C=O) groups is 1. The number of aromatic amines is 1. The molecule has 1 N–H and O–H groups in total. The van der Waals surface area contributed by atoms with Crippen LogP contribution in [0.4, 0.5) is 4.39 Å². The predicted molar refractivity (Wildman–Crippen MR) is 119 cm³/mol. The summed E-state index contributed by atoms with van der Waals surface area (Å²) in [6.45, 7) is 4.43. The highest BCUT2D eigenvalue weighted by molar-refractivity contribution is 5.90. The van der Waals surface area contributed by atoms with Crippen molar-refractivity contribution in [2.75, 3.05) is 13.6 Å². The molecule has 0 atom stereocenters. The molecule has 0 spiro atoms. The normalized spacial score (nSPS) is 11.2. The molecule has 0 saturated carbocycles. The van der Waals surface area contributed by atoms with Gasteiger partial charge in [0, 0.05) is 36.2 Å². The van der Waals surface area contributed by atoms with Crippen molar-refractivity contribution in [3.63, 3.8) is 0 Å². The molecule has 0 aliphatic carbocycles. The van der Waals surface area contributed by atoms with E-state index in [0.717, 1.165) is 54.0 Å². The zero-order valence-corrected chi connectivity index (χ0v) is 18.5. The molecule has 1 amide bonds. The third-order valence-corrected chi connectivity index (χ3v) is 5.37. The number of benzene rings is 1. The van der Waals surface area contributed by atoms with E-state index in [1.807, 2.05) is 26.0 Å². The number of unbranched alkanes of at least 4 members (excludes halogenated alkanes) is 2. The lowest BCUT2D eigenvalue weighted by Gasteiger charge is -2.14. The standard InChI is InChI=1S/C23H26FN7O/c1-15-13-16(2)31-23(25-15)26-21(29-31)22(32)30(3)12-6-4-5-7-19-14-20(28-27-19)17-8-10-18(24)11-9-17/h8-11,13-14H,4-7,12H2,1-3H3,(H,27,28). The van der Waals surface area contributed by atoms with Gasteiger partial charge in [-0.25, -0.2) is 13.9 Å². The Morgan fingerprint density at radius 3 is 2.66 bits per heavy atom. The van der Waals surface area contributed by atoms with Crippen molar-refractivity contribution in [2.45, 2.75) is 39.5 Å². The fraction of sp³-hybridized carbons (Fsp3) is 0.348. The lowest BCUT2D eigenvalue weighted by molar-refractivity contribution is 0.0781. The first-order valence-electron chi connectivity index (χ1n) is 10.7. The Labute approximate surface area is 185 Å². The molecule has 4 rings (SSSR count). The molecule has 8 nitrogen and oxygen atoms in total. The molecule has 0 fully saturated rings. The quantitative estimate of drug-likeness (QED) is 0.426. The zero-order valence-electron chi connectivity index (χ0n) is 18.5. The van der Waals surface area contributed by atoms with Crippen molar-refractivity contribution >= 4 is 11.7 Å². The molecule has 3 heterocycles. The van der Waals surface area contributed by atoms with Crippen LogP contribution in [-0.2, 0) is 6.42 Å². The number of nitrogens with zero attached hydrogens (tertiary/aromatic N) is 6. The number of rotatable bonds is 8. The maximum Gasteiger partial charge on any atom is 0.293 e. The number of hydrogen-bond donors (Lipinski definition) is 1. The summed E-state index contributed by atoms with van der Waals surface area (Å²) < 4.78 is 14.7. The second kappa shape index (κ2) is 9.25. The number of H-pyrrole nitrogens is 1. The van der Waals surface area contributed by atoms with Crippen LogP contribution in [0.25, 0.3) is 17.0 Å². The van der Waals surface area contributed by atoms with Gasteiger partial charge >= 0.3 is 0 Å². The van der Waals surface area contributed by atoms with Gasteiger partial charge in [-0.2, -0.15) is 10.1 Å². The van der Waals surface area contributed by atoms with Crippen LogP contribution in [0.5, 0.6) is 0 Å². The highest BCUT2D eigenvalue weighted by atomic mass is 19.1. The Kier molecular flexibility index (Phi) is 6.25. The molecule has 0 saturated heterocycles. The number of carbonyl (C=O) groups excluding carboxylic acids is 1. The SMILES string of the molecule is Cc1cc(C)n2nc(C(=O)N(C)CCCCCc3cc(-c4ccc(F)cc4)n[nH]3)nc2n1. The van der Waals surface area contributed by atoms with Gasteiger partial charge in [-0.3, -0.25) is 9.89 Å². The highest BCUT2D eigenvalue weighted by Gasteiger charge is 2.18. The number of aryl methyl sites for hydroxylation is 3. The summed E-state index contributed by atoms with van der Waals surface area (Å²) in [7, 11) is 1.77. The van der Waals surface area contributed by atoms with Gasteiger partial charge in [0.25, 0.3) is 11.7 Å². The number of nitrogens with one attached hydrogen (secondary N) is 1. The Hall–Kier alpha value is -3.62. The van der Waals surface area contributed by atoms with Crippen molar-refractivity contribution in [3.05, 3.63) is 65.1 Å². The van der Waals surface area contributed by atoms with E-state index < -0.39 is 0 Å². The molecule has 0 radical (unpaired) electrons. The van der Waals surface area contributed by atoms with E-state index in [0.29, 0.717) is 12.3 Å². The molecule has 1 aromatic carbocycles. The van der Waals surface area contributed by atoms with Gasteiger partial charge in [0.1, 0.15) is 5.82 Å². The molecule has 0 unspecified atom stereocenters. The Balaban J connectivity index is 1.24. The van der Waals surface area contributed by atoms with E-state index >= 15 is 0 Å². The third-order valence-electron chi connectivity index (χ3n) is 5.37. The molecular weight excluding hydrogens is 409 g/mol. The average Bonchev–Trinajstić information content (AvgIpc) is 3.41. The van der Waals surface area contributed by atoms with Gasteiger partial charge in [-0.15, -0.1) is 5.10 Å². The first kappa shape index (κ1) is 21.6. The van der Waals surface area contributed by atoms with Gasteiger partial charge in [0.15, 0.2) is 0 Å². The molecule has 0 aliphatic heterocycles. The van der Waals surface area contributed by atoms with Crippen molar-refractivity contribution in [3.8, 4) is 11.3 Å². The maximum absolute atomic E-state index is 13.1. The van der Waals surface area contributed by atoms with Gasteiger partial charge in [0.05, 0.1) is 5.69 Å². The van der Waals surface area contributed by atoms with Crippen LogP contribution in [-0.4, -0.2) is 54.2 Å². The topological polar surface area (TPSA) is 92.1 Å². The molecule has 3 aromatic heterocycles. The summed E-state index contributed by atoms with van der Waals surface area (Å²) in [4.78, 5) is 23.0. The van der Waals surface area contributed by atoms with E-state index in [9.17, 15) is 9.18 Å². The minimum atomic E-state index is -0.258. The van der Waals surface area contributed by atoms with Crippen LogP contribution >= 0.6 is 0 Å². The van der Waals surface area contributed by atoms with Crippen molar-refractivity contribution < 1.29 is 9.18 Å². The van der Waals surface area contributed by atoms with Gasteiger partial charge in [-0.1, -0.05) is 6.42 Å². The summed E-state index contributed by atoms with van der Waals surface area (Å²) in [5.41, 5.74) is 4.47. The molecule has 32 heavy (non-hydrogen) atoms. The smallest absolute Gasteiger partial charge is 0.293 e.